The number of anilines is 3. The lowest BCUT2D eigenvalue weighted by atomic mass is 9.99. The summed E-state index contributed by atoms with van der Waals surface area (Å²) >= 11 is 0. The maximum Gasteiger partial charge on any atom is 0.277 e. The normalized spacial score (nSPS) is 11.3. The summed E-state index contributed by atoms with van der Waals surface area (Å²) in [5.74, 6) is -5.64. The van der Waals surface area contributed by atoms with E-state index in [-0.39, 0.29) is 16.9 Å². The highest BCUT2D eigenvalue weighted by Gasteiger charge is 2.25. The van der Waals surface area contributed by atoms with Crippen molar-refractivity contribution in [1.82, 2.24) is 5.48 Å². The minimum Gasteiger partial charge on any atom is -0.350 e. The van der Waals surface area contributed by atoms with Crippen LogP contribution < -0.4 is 15.5 Å². The lowest BCUT2D eigenvalue weighted by Crippen LogP contribution is -2.24. The lowest BCUT2D eigenvalue weighted by Gasteiger charge is -2.17. The lowest BCUT2D eigenvalue weighted by molar-refractivity contribution is 0.0538. The van der Waals surface area contributed by atoms with Gasteiger partial charge in [0.25, 0.3) is 5.91 Å². The summed E-state index contributed by atoms with van der Waals surface area (Å²) in [6.45, 7) is 1.64. The van der Waals surface area contributed by atoms with Crippen molar-refractivity contribution in [2.75, 3.05) is 23.4 Å². The zero-order valence-electron chi connectivity index (χ0n) is 18.8. The molecule has 0 aliphatic carbocycles. The number of rotatable bonds is 8. The van der Waals surface area contributed by atoms with Gasteiger partial charge in [-0.25, -0.2) is 31.5 Å². The highest BCUT2D eigenvalue weighted by Crippen LogP contribution is 2.32. The van der Waals surface area contributed by atoms with Gasteiger partial charge >= 0.3 is 0 Å². The zero-order chi connectivity index (χ0) is 25.9. The number of hydroxylamine groups is 1. The Morgan fingerprint density at radius 1 is 0.943 bits per heavy atom. The molecule has 0 saturated heterocycles. The third kappa shape index (κ3) is 6.08. The molecule has 0 unspecified atom stereocenters. The molecule has 0 aliphatic rings. The number of carbonyl (C=O) groups excluding carboxylic acids is 1. The molecule has 3 N–H and O–H groups in total. The van der Waals surface area contributed by atoms with E-state index in [2.05, 4.69) is 10.2 Å². The third-order valence-corrected chi connectivity index (χ3v) is 5.45. The molecule has 186 valence electrons. The van der Waals surface area contributed by atoms with Crippen LogP contribution in [0.4, 0.5) is 34.6 Å². The van der Waals surface area contributed by atoms with E-state index in [1.807, 2.05) is 10.2 Å². The van der Waals surface area contributed by atoms with E-state index in [4.69, 9.17) is 0 Å². The zero-order valence-corrected chi connectivity index (χ0v) is 19.6. The largest absolute Gasteiger partial charge is 0.350 e. The predicted molar refractivity (Wildman–Crippen MR) is 123 cm³/mol. The van der Waals surface area contributed by atoms with Crippen LogP contribution in [0, 0.1) is 30.2 Å². The highest BCUT2D eigenvalue weighted by atomic mass is 32.2. The highest BCUT2D eigenvalue weighted by molar-refractivity contribution is 7.92. The summed E-state index contributed by atoms with van der Waals surface area (Å²) in [7, 11) is -2.67. The van der Waals surface area contributed by atoms with Crippen molar-refractivity contribution in [2.24, 2.45) is 0 Å². The molecule has 0 aliphatic heterocycles. The standard InChI is InChI=1S/C23H21F4N3O4S/c1-12-7-8-17(16(24)9-12)28-22-15(23(31)29-34-2)11-14(20(26)21(22)27)10-13-5-4-6-18(19(13)25)30-35(3,32)33/h4-9,11,28,30H,10H2,1-3H3,(H,29,31). The number of aryl methyl sites for hydroxylation is 1. The van der Waals surface area contributed by atoms with Crippen LogP contribution in [-0.4, -0.2) is 27.7 Å². The monoisotopic (exact) mass is 511 g/mol. The number of benzene rings is 3. The average molecular weight is 511 g/mol. The summed E-state index contributed by atoms with van der Waals surface area (Å²) in [6, 6.07) is 8.71. The maximum absolute atomic E-state index is 15.2. The molecule has 12 heteroatoms. The minimum absolute atomic E-state index is 0.166. The molecule has 0 saturated carbocycles. The number of halogens is 4. The van der Waals surface area contributed by atoms with E-state index in [1.54, 1.807) is 6.92 Å². The molecule has 0 bridgehead atoms. The van der Waals surface area contributed by atoms with Crippen molar-refractivity contribution in [3.63, 3.8) is 0 Å². The van der Waals surface area contributed by atoms with E-state index in [9.17, 15) is 22.0 Å². The van der Waals surface area contributed by atoms with Crippen molar-refractivity contribution in [3.05, 3.63) is 88.0 Å². The topological polar surface area (TPSA) is 96.5 Å². The molecule has 35 heavy (non-hydrogen) atoms. The third-order valence-electron chi connectivity index (χ3n) is 4.86. The second-order valence-corrected chi connectivity index (χ2v) is 9.41. The van der Waals surface area contributed by atoms with Crippen molar-refractivity contribution in [3.8, 4) is 0 Å². The molecule has 3 rings (SSSR count). The van der Waals surface area contributed by atoms with Gasteiger partial charge in [0.15, 0.2) is 17.5 Å². The SMILES string of the molecule is CONC(=O)c1cc(Cc2cccc(NS(C)(=O)=O)c2F)c(F)c(F)c1Nc1ccc(C)cc1F. The first-order valence-corrected chi connectivity index (χ1v) is 11.9. The van der Waals surface area contributed by atoms with Crippen molar-refractivity contribution < 1.29 is 35.6 Å². The minimum atomic E-state index is -3.80. The number of amides is 1. The van der Waals surface area contributed by atoms with Gasteiger partial charge in [-0.15, -0.1) is 0 Å². The number of carbonyl (C=O) groups is 1. The molecule has 7 nitrogen and oxygen atoms in total. The molecule has 3 aromatic rings. The fourth-order valence-electron chi connectivity index (χ4n) is 3.31. The molecular weight excluding hydrogens is 490 g/mol. The summed E-state index contributed by atoms with van der Waals surface area (Å²) in [4.78, 5) is 17.1. The van der Waals surface area contributed by atoms with Gasteiger partial charge in [0.2, 0.25) is 10.0 Å². The Kier molecular flexibility index (Phi) is 7.66. The van der Waals surface area contributed by atoms with E-state index >= 15 is 8.78 Å². The Morgan fingerprint density at radius 2 is 1.66 bits per heavy atom. The van der Waals surface area contributed by atoms with E-state index in [0.29, 0.717) is 5.56 Å². The molecule has 0 spiro atoms. The fraction of sp³-hybridized carbons (Fsp3) is 0.174. The fourth-order valence-corrected chi connectivity index (χ4v) is 3.87. The average Bonchev–Trinajstić information content (AvgIpc) is 2.76. The van der Waals surface area contributed by atoms with Gasteiger partial charge < -0.3 is 5.32 Å². The molecule has 0 fully saturated rings. The number of nitrogens with one attached hydrogen (secondary N) is 3. The summed E-state index contributed by atoms with van der Waals surface area (Å²) < 4.78 is 84.3. The van der Waals surface area contributed by atoms with Gasteiger partial charge in [-0.05, 0) is 47.9 Å². The summed E-state index contributed by atoms with van der Waals surface area (Å²) in [5.41, 5.74) is 0.311. The van der Waals surface area contributed by atoms with Crippen molar-refractivity contribution in [2.45, 2.75) is 13.3 Å². The Bertz CT molecular complexity index is 1400. The number of hydrogen-bond donors (Lipinski definition) is 3. The van der Waals surface area contributed by atoms with Crippen LogP contribution in [0.2, 0.25) is 0 Å². The Balaban J connectivity index is 2.09. The second kappa shape index (κ2) is 10.3. The maximum atomic E-state index is 15.2. The van der Waals surface area contributed by atoms with E-state index in [1.165, 1.54) is 30.3 Å². The Hall–Kier alpha value is -3.64. The first kappa shape index (κ1) is 26.0. The van der Waals surface area contributed by atoms with Gasteiger partial charge in [0.1, 0.15) is 5.82 Å². The van der Waals surface area contributed by atoms with Gasteiger partial charge in [-0.1, -0.05) is 18.2 Å². The van der Waals surface area contributed by atoms with Gasteiger partial charge in [0, 0.05) is 6.42 Å². The van der Waals surface area contributed by atoms with Crippen LogP contribution in [0.3, 0.4) is 0 Å². The first-order chi connectivity index (χ1) is 16.4. The molecule has 0 aromatic heterocycles. The molecule has 3 aromatic carbocycles. The van der Waals surface area contributed by atoms with Crippen LogP contribution in [0.25, 0.3) is 0 Å². The van der Waals surface area contributed by atoms with Crippen LogP contribution in [-0.2, 0) is 21.3 Å². The van der Waals surface area contributed by atoms with Gasteiger partial charge in [0.05, 0.1) is 36.0 Å². The molecule has 0 atom stereocenters. The van der Waals surface area contributed by atoms with Crippen molar-refractivity contribution >= 4 is 33.0 Å². The number of hydrogen-bond acceptors (Lipinski definition) is 5. The molecule has 1 amide bonds. The van der Waals surface area contributed by atoms with Crippen LogP contribution in [0.15, 0.2) is 42.5 Å². The van der Waals surface area contributed by atoms with Crippen LogP contribution >= 0.6 is 0 Å². The summed E-state index contributed by atoms with van der Waals surface area (Å²) in [5, 5.41) is 2.40. The first-order valence-electron chi connectivity index (χ1n) is 10.0. The van der Waals surface area contributed by atoms with Crippen LogP contribution in [0.1, 0.15) is 27.0 Å². The second-order valence-electron chi connectivity index (χ2n) is 7.66. The van der Waals surface area contributed by atoms with E-state index < -0.39 is 62.4 Å². The molecular formula is C23H21F4N3O4S. The molecule has 0 heterocycles. The van der Waals surface area contributed by atoms with E-state index in [0.717, 1.165) is 25.5 Å². The van der Waals surface area contributed by atoms with Gasteiger partial charge in [-0.2, -0.15) is 0 Å². The molecule has 0 radical (unpaired) electrons. The smallest absolute Gasteiger partial charge is 0.277 e. The van der Waals surface area contributed by atoms with Crippen LogP contribution in [0.5, 0.6) is 0 Å². The number of sulfonamides is 1. The van der Waals surface area contributed by atoms with Crippen molar-refractivity contribution in [1.29, 1.82) is 0 Å². The Labute approximate surface area is 199 Å². The quantitative estimate of drug-likeness (QED) is 0.305. The predicted octanol–water partition coefficient (Wildman–Crippen LogP) is 4.55. The van der Waals surface area contributed by atoms with Gasteiger partial charge in [-0.3, -0.25) is 14.4 Å². The Morgan fingerprint density at radius 3 is 2.29 bits per heavy atom. The summed E-state index contributed by atoms with van der Waals surface area (Å²) in [6.07, 6.45) is 0.303.